The van der Waals surface area contributed by atoms with Gasteiger partial charge in [0.2, 0.25) is 0 Å². The molecule has 1 aromatic carbocycles. The monoisotopic (exact) mass is 202 g/mol. The van der Waals surface area contributed by atoms with Crippen LogP contribution in [0.3, 0.4) is 0 Å². The molecule has 2 nitrogen and oxygen atoms in total. The number of rotatable bonds is 2. The van der Waals surface area contributed by atoms with Crippen LogP contribution in [0.5, 0.6) is 0 Å². The van der Waals surface area contributed by atoms with E-state index in [9.17, 15) is 0 Å². The Morgan fingerprint density at radius 3 is 2.71 bits per heavy atom. The summed E-state index contributed by atoms with van der Waals surface area (Å²) in [6.07, 6.45) is 1.82. The summed E-state index contributed by atoms with van der Waals surface area (Å²) in [6.45, 7) is 2.04. The van der Waals surface area contributed by atoms with E-state index in [1.165, 1.54) is 5.43 Å². The van der Waals surface area contributed by atoms with E-state index in [2.05, 4.69) is 15.8 Å². The van der Waals surface area contributed by atoms with Gasteiger partial charge in [0.15, 0.2) is 0 Å². The summed E-state index contributed by atoms with van der Waals surface area (Å²) in [7, 11) is 0.727. The summed E-state index contributed by atoms with van der Waals surface area (Å²) in [6, 6.07) is 9.89. The van der Waals surface area contributed by atoms with E-state index in [1.54, 1.807) is 0 Å². The molecular formula is C11H11N2P. The van der Waals surface area contributed by atoms with Gasteiger partial charge in [0.05, 0.1) is 23.0 Å². The molecule has 3 heteroatoms. The van der Waals surface area contributed by atoms with Crippen molar-refractivity contribution in [2.75, 3.05) is 0 Å². The van der Waals surface area contributed by atoms with Gasteiger partial charge in [-0.1, -0.05) is 18.2 Å². The summed E-state index contributed by atoms with van der Waals surface area (Å²) in [5, 5.41) is 0. The van der Waals surface area contributed by atoms with Crippen molar-refractivity contribution in [1.29, 1.82) is 0 Å². The van der Waals surface area contributed by atoms with Gasteiger partial charge in [0, 0.05) is 0 Å². The van der Waals surface area contributed by atoms with Gasteiger partial charge >= 0.3 is 0 Å². The molecule has 0 bridgehead atoms. The van der Waals surface area contributed by atoms with Gasteiger partial charge in [0.1, 0.15) is 0 Å². The van der Waals surface area contributed by atoms with E-state index in [0.717, 1.165) is 19.6 Å². The second-order valence-electron chi connectivity index (χ2n) is 3.00. The number of para-hydroxylation sites is 1. The quantitative estimate of drug-likeness (QED) is 0.686. The molecule has 0 fully saturated rings. The molecule has 0 aliphatic carbocycles. The third-order valence-electron chi connectivity index (χ3n) is 1.83. The Morgan fingerprint density at radius 2 is 2.07 bits per heavy atom. The molecule has 0 amide bonds. The Kier molecular flexibility index (Phi) is 2.76. The molecule has 0 N–H and O–H groups in total. The van der Waals surface area contributed by atoms with Gasteiger partial charge in [-0.3, -0.25) is 4.99 Å². The second-order valence-corrected chi connectivity index (χ2v) is 4.31. The molecule has 2 rings (SSSR count). The topological polar surface area (TPSA) is 25.2 Å². The fourth-order valence-electron chi connectivity index (χ4n) is 1.16. The van der Waals surface area contributed by atoms with Gasteiger partial charge in [0.25, 0.3) is 0 Å². The number of hydrogen-bond acceptors (Lipinski definition) is 2. The standard InChI is InChI=1S/C11H11N2P/c1-9-13-11(8-14-9)7-12-10-5-3-2-4-6-10/h2-8,14H,1H3. The lowest BCUT2D eigenvalue weighted by molar-refractivity contribution is 1.28. The molecule has 0 saturated heterocycles. The van der Waals surface area contributed by atoms with Crippen molar-refractivity contribution >= 4 is 20.1 Å². The van der Waals surface area contributed by atoms with Crippen molar-refractivity contribution in [3.63, 3.8) is 0 Å². The summed E-state index contributed by atoms with van der Waals surface area (Å²) >= 11 is 0. The largest absolute Gasteiger partial charge is 0.255 e. The molecule has 0 spiro atoms. The molecule has 0 aliphatic heterocycles. The van der Waals surface area contributed by atoms with Crippen LogP contribution in [0.25, 0.3) is 0 Å². The summed E-state index contributed by atoms with van der Waals surface area (Å²) in [4.78, 5) is 8.67. The van der Waals surface area contributed by atoms with E-state index >= 15 is 0 Å². The van der Waals surface area contributed by atoms with Crippen LogP contribution in [-0.4, -0.2) is 11.2 Å². The Balaban J connectivity index is 2.15. The molecular weight excluding hydrogens is 191 g/mol. The van der Waals surface area contributed by atoms with Gasteiger partial charge in [-0.25, -0.2) is 4.98 Å². The summed E-state index contributed by atoms with van der Waals surface area (Å²) in [5.41, 5.74) is 3.13. The molecule has 0 saturated carbocycles. The Labute approximate surface area is 84.8 Å². The van der Waals surface area contributed by atoms with E-state index in [-0.39, 0.29) is 0 Å². The van der Waals surface area contributed by atoms with Crippen molar-refractivity contribution in [1.82, 2.24) is 4.98 Å². The first kappa shape index (κ1) is 9.17. The van der Waals surface area contributed by atoms with Crippen LogP contribution in [0.4, 0.5) is 5.69 Å². The predicted molar refractivity (Wildman–Crippen MR) is 62.2 cm³/mol. The highest BCUT2D eigenvalue weighted by Crippen LogP contribution is 2.14. The van der Waals surface area contributed by atoms with E-state index in [0.29, 0.717) is 0 Å². The minimum absolute atomic E-state index is 0.727. The number of aryl methyl sites for hydroxylation is 1. The van der Waals surface area contributed by atoms with Crippen LogP contribution >= 0.6 is 8.19 Å². The zero-order valence-corrected chi connectivity index (χ0v) is 8.94. The van der Waals surface area contributed by atoms with Crippen LogP contribution in [0.15, 0.2) is 41.1 Å². The minimum atomic E-state index is 0.727. The molecule has 1 heterocycles. The van der Waals surface area contributed by atoms with Crippen LogP contribution in [0, 0.1) is 6.92 Å². The number of nitrogens with zero attached hydrogens (tertiary/aromatic N) is 2. The average Bonchev–Trinajstić information content (AvgIpc) is 2.63. The number of hydrogen-bond donors (Lipinski definition) is 0. The molecule has 0 aliphatic rings. The molecule has 1 aromatic heterocycles. The van der Waals surface area contributed by atoms with E-state index in [4.69, 9.17) is 0 Å². The third-order valence-corrected chi connectivity index (χ3v) is 2.80. The average molecular weight is 202 g/mol. The normalized spacial score (nSPS) is 11.5. The van der Waals surface area contributed by atoms with Crippen molar-refractivity contribution in [2.45, 2.75) is 6.92 Å². The van der Waals surface area contributed by atoms with Crippen LogP contribution in [0.1, 0.15) is 11.1 Å². The van der Waals surface area contributed by atoms with Crippen molar-refractivity contribution < 1.29 is 0 Å². The first-order valence-corrected chi connectivity index (χ1v) is 5.53. The zero-order valence-electron chi connectivity index (χ0n) is 7.94. The Bertz CT molecular complexity index is 432. The Morgan fingerprint density at radius 1 is 1.29 bits per heavy atom. The van der Waals surface area contributed by atoms with E-state index in [1.807, 2.05) is 43.5 Å². The molecule has 1 atom stereocenters. The van der Waals surface area contributed by atoms with Crippen LogP contribution in [0.2, 0.25) is 0 Å². The fraction of sp³-hybridized carbons (Fsp3) is 0.0909. The van der Waals surface area contributed by atoms with Gasteiger partial charge in [-0.2, -0.15) is 0 Å². The van der Waals surface area contributed by atoms with E-state index < -0.39 is 0 Å². The lowest BCUT2D eigenvalue weighted by Crippen LogP contribution is -1.79. The maximum Gasteiger partial charge on any atom is 0.0857 e. The summed E-state index contributed by atoms with van der Waals surface area (Å²) < 4.78 is 0. The van der Waals surface area contributed by atoms with Crippen LogP contribution in [-0.2, 0) is 0 Å². The van der Waals surface area contributed by atoms with Crippen molar-refractivity contribution in [3.05, 3.63) is 47.2 Å². The van der Waals surface area contributed by atoms with Crippen molar-refractivity contribution in [2.24, 2.45) is 4.99 Å². The predicted octanol–water partition coefficient (Wildman–Crippen LogP) is 3.17. The molecule has 1 unspecified atom stereocenters. The lowest BCUT2D eigenvalue weighted by Gasteiger charge is -1.89. The first-order chi connectivity index (χ1) is 6.84. The maximum absolute atomic E-state index is 4.34. The Hall–Kier alpha value is -1.40. The lowest BCUT2D eigenvalue weighted by atomic mass is 10.3. The van der Waals surface area contributed by atoms with Crippen LogP contribution < -0.4 is 0 Å². The van der Waals surface area contributed by atoms with Gasteiger partial charge in [-0.15, -0.1) is 8.19 Å². The molecule has 70 valence electrons. The number of benzene rings is 1. The first-order valence-electron chi connectivity index (χ1n) is 4.46. The molecule has 2 aromatic rings. The molecule has 14 heavy (non-hydrogen) atoms. The SMILES string of the molecule is Cc1nc(C=Nc2ccccc2)c[pH]1. The second kappa shape index (κ2) is 4.21. The minimum Gasteiger partial charge on any atom is -0.255 e. The highest BCUT2D eigenvalue weighted by Gasteiger charge is 1.91. The van der Waals surface area contributed by atoms with Gasteiger partial charge in [-0.05, 0) is 24.9 Å². The fourth-order valence-corrected chi connectivity index (χ4v) is 1.85. The third kappa shape index (κ3) is 2.30. The zero-order chi connectivity index (χ0) is 9.80. The van der Waals surface area contributed by atoms with Crippen molar-refractivity contribution in [3.8, 4) is 0 Å². The highest BCUT2D eigenvalue weighted by atomic mass is 31.0. The highest BCUT2D eigenvalue weighted by molar-refractivity contribution is 7.30. The van der Waals surface area contributed by atoms with Gasteiger partial charge < -0.3 is 0 Å². The smallest absolute Gasteiger partial charge is 0.0857 e. The summed E-state index contributed by atoms with van der Waals surface area (Å²) in [5.74, 6) is 2.11. The molecule has 0 radical (unpaired) electrons. The number of aromatic nitrogens is 1. The number of aliphatic imine (C=N–C) groups is 1. The maximum atomic E-state index is 4.34.